The van der Waals surface area contributed by atoms with E-state index in [0.717, 1.165) is 22.6 Å². The number of aryl methyl sites for hydroxylation is 2. The molecule has 14 heavy (non-hydrogen) atoms. The monoisotopic (exact) mass is 207 g/mol. The Morgan fingerprint density at radius 2 is 2.29 bits per heavy atom. The van der Waals surface area contributed by atoms with Gasteiger partial charge in [0.1, 0.15) is 5.65 Å². The molecule has 0 saturated carbocycles. The molecule has 74 valence electrons. The molecular weight excluding hydrogens is 194 g/mol. The Balaban J connectivity index is 2.68. The third-order valence-corrected chi connectivity index (χ3v) is 2.95. The first-order valence-corrected chi connectivity index (χ1v) is 5.84. The van der Waals surface area contributed by atoms with Crippen molar-refractivity contribution in [3.63, 3.8) is 0 Å². The number of aromatic nitrogens is 3. The Morgan fingerprint density at radius 3 is 2.93 bits per heavy atom. The molecular formula is C10H13N3S. The van der Waals surface area contributed by atoms with E-state index in [9.17, 15) is 0 Å². The zero-order valence-corrected chi connectivity index (χ0v) is 9.43. The molecule has 0 bridgehead atoms. The maximum absolute atomic E-state index is 4.48. The first kappa shape index (κ1) is 9.52. The lowest BCUT2D eigenvalue weighted by molar-refractivity contribution is 0.840. The molecule has 0 radical (unpaired) electrons. The zero-order valence-electron chi connectivity index (χ0n) is 8.61. The van der Waals surface area contributed by atoms with Gasteiger partial charge in [-0.3, -0.25) is 0 Å². The molecule has 0 amide bonds. The normalized spacial score (nSPS) is 11.1. The molecule has 0 fully saturated rings. The topological polar surface area (TPSA) is 30.7 Å². The number of thioether (sulfide) groups is 1. The van der Waals surface area contributed by atoms with Crippen molar-refractivity contribution in [2.45, 2.75) is 18.5 Å². The third-order valence-electron chi connectivity index (χ3n) is 2.39. The van der Waals surface area contributed by atoms with Crippen LogP contribution in [0.2, 0.25) is 0 Å². The van der Waals surface area contributed by atoms with Gasteiger partial charge >= 0.3 is 0 Å². The zero-order chi connectivity index (χ0) is 10.1. The van der Waals surface area contributed by atoms with Gasteiger partial charge in [-0.2, -0.15) is 0 Å². The van der Waals surface area contributed by atoms with Gasteiger partial charge in [0.05, 0.1) is 0 Å². The molecule has 0 unspecified atom stereocenters. The Bertz CT molecular complexity index is 462. The molecule has 2 rings (SSSR count). The van der Waals surface area contributed by atoms with E-state index >= 15 is 0 Å². The second kappa shape index (κ2) is 3.61. The highest BCUT2D eigenvalue weighted by atomic mass is 32.2. The predicted octanol–water partition coefficient (Wildman–Crippen LogP) is 2.25. The van der Waals surface area contributed by atoms with Crippen LogP contribution in [0.5, 0.6) is 0 Å². The SMILES string of the molecule is CCc1cc2cnc(SC)nc2n1C. The summed E-state index contributed by atoms with van der Waals surface area (Å²) >= 11 is 1.57. The summed E-state index contributed by atoms with van der Waals surface area (Å²) < 4.78 is 2.14. The van der Waals surface area contributed by atoms with Crippen LogP contribution < -0.4 is 0 Å². The van der Waals surface area contributed by atoms with Crippen molar-refractivity contribution >= 4 is 22.8 Å². The van der Waals surface area contributed by atoms with E-state index in [4.69, 9.17) is 0 Å². The Labute approximate surface area is 87.6 Å². The maximum Gasteiger partial charge on any atom is 0.189 e. The molecule has 0 aliphatic rings. The lowest BCUT2D eigenvalue weighted by atomic mass is 10.3. The van der Waals surface area contributed by atoms with Crippen LogP contribution >= 0.6 is 11.8 Å². The second-order valence-electron chi connectivity index (χ2n) is 3.18. The third kappa shape index (κ3) is 1.39. The van der Waals surface area contributed by atoms with E-state index in [2.05, 4.69) is 34.6 Å². The average Bonchev–Trinajstić information content (AvgIpc) is 2.55. The first-order chi connectivity index (χ1) is 6.76. The highest BCUT2D eigenvalue weighted by molar-refractivity contribution is 7.98. The van der Waals surface area contributed by atoms with E-state index in [1.54, 1.807) is 11.8 Å². The number of rotatable bonds is 2. The quantitative estimate of drug-likeness (QED) is 0.559. The van der Waals surface area contributed by atoms with E-state index in [1.807, 2.05) is 12.5 Å². The fraction of sp³-hybridized carbons (Fsp3) is 0.400. The summed E-state index contributed by atoms with van der Waals surface area (Å²) in [6.45, 7) is 2.15. The Kier molecular flexibility index (Phi) is 2.46. The Morgan fingerprint density at radius 1 is 1.50 bits per heavy atom. The van der Waals surface area contributed by atoms with Crippen molar-refractivity contribution in [1.82, 2.24) is 14.5 Å². The second-order valence-corrected chi connectivity index (χ2v) is 3.96. The molecule has 2 aromatic rings. The fourth-order valence-electron chi connectivity index (χ4n) is 1.59. The molecule has 3 nitrogen and oxygen atoms in total. The van der Waals surface area contributed by atoms with Crippen molar-refractivity contribution in [3.05, 3.63) is 18.0 Å². The van der Waals surface area contributed by atoms with Gasteiger partial charge in [-0.05, 0) is 18.7 Å². The van der Waals surface area contributed by atoms with Gasteiger partial charge in [0.25, 0.3) is 0 Å². The molecule has 0 spiro atoms. The summed E-state index contributed by atoms with van der Waals surface area (Å²) in [5.41, 5.74) is 2.33. The minimum atomic E-state index is 0.835. The molecule has 0 aromatic carbocycles. The number of hydrogen-bond acceptors (Lipinski definition) is 3. The molecule has 0 atom stereocenters. The average molecular weight is 207 g/mol. The van der Waals surface area contributed by atoms with Crippen LogP contribution in [0.1, 0.15) is 12.6 Å². The van der Waals surface area contributed by atoms with Crippen LogP contribution in [0.15, 0.2) is 17.4 Å². The standard InChI is InChI=1S/C10H13N3S/c1-4-8-5-7-6-11-10(14-3)12-9(7)13(8)2/h5-6H,4H2,1-3H3. The largest absolute Gasteiger partial charge is 0.333 e. The minimum Gasteiger partial charge on any atom is -0.333 e. The molecule has 0 aliphatic heterocycles. The highest BCUT2D eigenvalue weighted by Gasteiger charge is 2.06. The summed E-state index contributed by atoms with van der Waals surface area (Å²) in [5, 5.41) is 1.96. The van der Waals surface area contributed by atoms with E-state index in [1.165, 1.54) is 5.69 Å². The molecule has 0 N–H and O–H groups in total. The number of fused-ring (bicyclic) bond motifs is 1. The molecule has 4 heteroatoms. The van der Waals surface area contributed by atoms with Crippen LogP contribution in [0, 0.1) is 0 Å². The Hall–Kier alpha value is -1.03. The van der Waals surface area contributed by atoms with Crippen molar-refractivity contribution < 1.29 is 0 Å². The lowest BCUT2D eigenvalue weighted by Crippen LogP contribution is -1.96. The molecule has 0 aliphatic carbocycles. The van der Waals surface area contributed by atoms with Gasteiger partial charge in [0.2, 0.25) is 0 Å². The fourth-order valence-corrected chi connectivity index (χ4v) is 1.92. The molecule has 2 heterocycles. The van der Waals surface area contributed by atoms with Crippen molar-refractivity contribution in [2.24, 2.45) is 7.05 Å². The summed E-state index contributed by atoms with van der Waals surface area (Å²) in [6.07, 6.45) is 4.92. The summed E-state index contributed by atoms with van der Waals surface area (Å²) in [7, 11) is 2.05. The van der Waals surface area contributed by atoms with Gasteiger partial charge in [-0.25, -0.2) is 9.97 Å². The van der Waals surface area contributed by atoms with Crippen molar-refractivity contribution in [1.29, 1.82) is 0 Å². The van der Waals surface area contributed by atoms with Crippen LogP contribution in [0.4, 0.5) is 0 Å². The maximum atomic E-state index is 4.48. The summed E-state index contributed by atoms with van der Waals surface area (Å²) in [4.78, 5) is 8.73. The first-order valence-electron chi connectivity index (χ1n) is 4.61. The van der Waals surface area contributed by atoms with E-state index in [-0.39, 0.29) is 0 Å². The van der Waals surface area contributed by atoms with E-state index in [0.29, 0.717) is 0 Å². The minimum absolute atomic E-state index is 0.835. The van der Waals surface area contributed by atoms with Gasteiger partial charge in [0, 0.05) is 24.3 Å². The van der Waals surface area contributed by atoms with Gasteiger partial charge in [0.15, 0.2) is 5.16 Å². The van der Waals surface area contributed by atoms with Crippen LogP contribution in [-0.4, -0.2) is 20.8 Å². The van der Waals surface area contributed by atoms with Gasteiger partial charge in [-0.15, -0.1) is 0 Å². The summed E-state index contributed by atoms with van der Waals surface area (Å²) in [5.74, 6) is 0. The lowest BCUT2D eigenvalue weighted by Gasteiger charge is -2.00. The van der Waals surface area contributed by atoms with Crippen molar-refractivity contribution in [3.8, 4) is 0 Å². The predicted molar refractivity (Wildman–Crippen MR) is 59.7 cm³/mol. The van der Waals surface area contributed by atoms with Gasteiger partial charge < -0.3 is 4.57 Å². The van der Waals surface area contributed by atoms with Gasteiger partial charge in [-0.1, -0.05) is 18.7 Å². The number of hydrogen-bond donors (Lipinski definition) is 0. The van der Waals surface area contributed by atoms with Crippen LogP contribution in [-0.2, 0) is 13.5 Å². The highest BCUT2D eigenvalue weighted by Crippen LogP contribution is 2.18. The number of nitrogens with zero attached hydrogens (tertiary/aromatic N) is 3. The molecule has 2 aromatic heterocycles. The summed E-state index contributed by atoms with van der Waals surface area (Å²) in [6, 6.07) is 2.15. The molecule has 0 saturated heterocycles. The van der Waals surface area contributed by atoms with Crippen molar-refractivity contribution in [2.75, 3.05) is 6.26 Å². The van der Waals surface area contributed by atoms with E-state index < -0.39 is 0 Å². The van der Waals surface area contributed by atoms with Crippen LogP contribution in [0.3, 0.4) is 0 Å². The van der Waals surface area contributed by atoms with Crippen LogP contribution in [0.25, 0.3) is 11.0 Å². The smallest absolute Gasteiger partial charge is 0.189 e.